The van der Waals surface area contributed by atoms with Crippen molar-refractivity contribution in [2.45, 2.75) is 17.6 Å². The van der Waals surface area contributed by atoms with Crippen molar-refractivity contribution >= 4 is 50.7 Å². The molecule has 0 radical (unpaired) electrons. The number of carbonyl (C=O) groups excluding carboxylic acids is 1. The van der Waals surface area contributed by atoms with Gasteiger partial charge in [0.2, 0.25) is 0 Å². The minimum atomic E-state index is -4.68. The summed E-state index contributed by atoms with van der Waals surface area (Å²) < 4.78 is 71.8. The van der Waals surface area contributed by atoms with E-state index in [4.69, 9.17) is 39.5 Å². The molecule has 176 valence electrons. The number of ether oxygens (including phenoxy) is 1. The minimum absolute atomic E-state index is 0.138. The second-order valence-corrected chi connectivity index (χ2v) is 9.51. The van der Waals surface area contributed by atoms with Crippen molar-refractivity contribution in [1.82, 2.24) is 14.5 Å². The van der Waals surface area contributed by atoms with E-state index < -0.39 is 39.2 Å². The van der Waals surface area contributed by atoms with E-state index in [9.17, 15) is 26.4 Å². The summed E-state index contributed by atoms with van der Waals surface area (Å²) in [4.78, 5) is 12.2. The number of rotatable bonds is 6. The van der Waals surface area contributed by atoms with Crippen LogP contribution in [0.3, 0.4) is 0 Å². The molecule has 0 saturated carbocycles. The molecule has 0 aliphatic heterocycles. The van der Waals surface area contributed by atoms with Crippen LogP contribution in [0.5, 0.6) is 5.75 Å². The number of nitrogens with one attached hydrogen (secondary N) is 1. The van der Waals surface area contributed by atoms with Gasteiger partial charge in [-0.15, -0.1) is 0 Å². The topological polar surface area (TPSA) is 90.3 Å². The summed E-state index contributed by atoms with van der Waals surface area (Å²) in [5.41, 5.74) is -0.603. The van der Waals surface area contributed by atoms with Gasteiger partial charge in [0.1, 0.15) is 17.2 Å². The molecule has 1 aromatic heterocycles. The number of sulfonamides is 1. The summed E-state index contributed by atoms with van der Waals surface area (Å²) in [5, 5.41) is 3.72. The summed E-state index contributed by atoms with van der Waals surface area (Å²) in [6, 6.07) is 8.75. The molecular formula is C19H13Cl3F3N3O4S. The van der Waals surface area contributed by atoms with Crippen LogP contribution in [-0.2, 0) is 16.6 Å². The Morgan fingerprint density at radius 1 is 1.09 bits per heavy atom. The number of aromatic nitrogens is 2. The van der Waals surface area contributed by atoms with Gasteiger partial charge in [0.25, 0.3) is 15.9 Å². The molecule has 1 N–H and O–H groups in total. The predicted molar refractivity (Wildman–Crippen MR) is 116 cm³/mol. The van der Waals surface area contributed by atoms with Crippen molar-refractivity contribution in [2.75, 3.05) is 7.11 Å². The van der Waals surface area contributed by atoms with Crippen molar-refractivity contribution < 1.29 is 31.1 Å². The molecular weight excluding hydrogens is 530 g/mol. The van der Waals surface area contributed by atoms with Crippen LogP contribution in [0.4, 0.5) is 13.2 Å². The maximum Gasteiger partial charge on any atom is 0.408 e. The number of hydrogen-bond acceptors (Lipinski definition) is 5. The lowest BCUT2D eigenvalue weighted by atomic mass is 10.1. The molecule has 14 heteroatoms. The Hall–Kier alpha value is -2.47. The predicted octanol–water partition coefficient (Wildman–Crippen LogP) is 5.20. The first-order chi connectivity index (χ1) is 15.3. The van der Waals surface area contributed by atoms with Crippen LogP contribution in [0.2, 0.25) is 15.1 Å². The van der Waals surface area contributed by atoms with Crippen molar-refractivity contribution in [3.8, 4) is 17.0 Å². The van der Waals surface area contributed by atoms with E-state index in [0.717, 1.165) is 12.1 Å². The van der Waals surface area contributed by atoms with E-state index in [1.807, 2.05) is 0 Å². The van der Waals surface area contributed by atoms with Crippen LogP contribution in [0.15, 0.2) is 47.4 Å². The Labute approximate surface area is 201 Å². The summed E-state index contributed by atoms with van der Waals surface area (Å²) in [7, 11) is -3.21. The third kappa shape index (κ3) is 6.11. The third-order valence-electron chi connectivity index (χ3n) is 4.15. The van der Waals surface area contributed by atoms with Gasteiger partial charge in [0, 0.05) is 21.7 Å². The number of nitrogens with zero attached hydrogens (tertiary/aromatic N) is 2. The molecule has 2 aromatic carbocycles. The summed E-state index contributed by atoms with van der Waals surface area (Å²) in [5.74, 6) is -1.12. The molecule has 1 amide bonds. The van der Waals surface area contributed by atoms with Crippen LogP contribution < -0.4 is 9.46 Å². The van der Waals surface area contributed by atoms with Gasteiger partial charge in [-0.3, -0.25) is 9.48 Å². The molecule has 3 rings (SSSR count). The van der Waals surface area contributed by atoms with Gasteiger partial charge in [-0.25, -0.2) is 13.1 Å². The summed E-state index contributed by atoms with van der Waals surface area (Å²) in [6.45, 7) is -1.55. The lowest BCUT2D eigenvalue weighted by Crippen LogP contribution is -2.31. The maximum absolute atomic E-state index is 13.1. The Morgan fingerprint density at radius 3 is 2.30 bits per heavy atom. The number of halogens is 6. The quantitative estimate of drug-likeness (QED) is 0.462. The van der Waals surface area contributed by atoms with Crippen LogP contribution >= 0.6 is 34.8 Å². The molecule has 3 aromatic rings. The highest BCUT2D eigenvalue weighted by molar-refractivity contribution is 7.90. The summed E-state index contributed by atoms with van der Waals surface area (Å²) in [6.07, 6.45) is -4.68. The molecule has 0 unspecified atom stereocenters. The van der Waals surface area contributed by atoms with Crippen molar-refractivity contribution in [1.29, 1.82) is 0 Å². The molecule has 1 heterocycles. The number of methoxy groups -OCH3 is 1. The standard InChI is InChI=1S/C19H13Cl3F3N3O4S/c1-32-13-2-3-14(22)17(7-13)33(30,31)27-18(29)15-8-16(28(26-15)9-19(23,24)25)10-4-11(20)6-12(21)5-10/h2-8H,9H2,1H3,(H,27,29). The monoisotopic (exact) mass is 541 g/mol. The molecule has 0 spiro atoms. The van der Waals surface area contributed by atoms with Gasteiger partial charge in [0.15, 0.2) is 5.69 Å². The van der Waals surface area contributed by atoms with Gasteiger partial charge in [-0.2, -0.15) is 18.3 Å². The number of benzene rings is 2. The van der Waals surface area contributed by atoms with Crippen LogP contribution in [0.1, 0.15) is 10.5 Å². The molecule has 0 aliphatic rings. The van der Waals surface area contributed by atoms with Crippen LogP contribution in [-0.4, -0.2) is 37.4 Å². The Balaban J connectivity index is 2.01. The fourth-order valence-electron chi connectivity index (χ4n) is 2.80. The number of carbonyl (C=O) groups is 1. The van der Waals surface area contributed by atoms with E-state index in [1.165, 1.54) is 37.4 Å². The maximum atomic E-state index is 13.1. The lowest BCUT2D eigenvalue weighted by Gasteiger charge is -2.11. The number of hydrogen-bond donors (Lipinski definition) is 1. The molecule has 0 fully saturated rings. The Morgan fingerprint density at radius 2 is 1.73 bits per heavy atom. The number of amides is 1. The van der Waals surface area contributed by atoms with E-state index in [1.54, 1.807) is 4.72 Å². The van der Waals surface area contributed by atoms with Crippen molar-refractivity contribution in [3.63, 3.8) is 0 Å². The lowest BCUT2D eigenvalue weighted by molar-refractivity contribution is -0.142. The van der Waals surface area contributed by atoms with Crippen molar-refractivity contribution in [2.24, 2.45) is 0 Å². The van der Waals surface area contributed by atoms with E-state index in [-0.39, 0.29) is 32.1 Å². The molecule has 0 aliphatic carbocycles. The Kier molecular flexibility index (Phi) is 7.18. The van der Waals surface area contributed by atoms with Gasteiger partial charge < -0.3 is 4.74 Å². The fraction of sp³-hybridized carbons (Fsp3) is 0.158. The molecule has 0 atom stereocenters. The second-order valence-electron chi connectivity index (χ2n) is 6.58. The van der Waals surface area contributed by atoms with Gasteiger partial charge >= 0.3 is 6.18 Å². The first-order valence-corrected chi connectivity index (χ1v) is 11.4. The molecule has 33 heavy (non-hydrogen) atoms. The smallest absolute Gasteiger partial charge is 0.408 e. The SMILES string of the molecule is COc1ccc(Cl)c(S(=O)(=O)NC(=O)c2cc(-c3cc(Cl)cc(Cl)c3)n(CC(F)(F)F)n2)c1. The first kappa shape index (κ1) is 25.2. The highest BCUT2D eigenvalue weighted by Crippen LogP contribution is 2.30. The minimum Gasteiger partial charge on any atom is -0.497 e. The molecule has 7 nitrogen and oxygen atoms in total. The molecule has 0 saturated heterocycles. The first-order valence-electron chi connectivity index (χ1n) is 8.81. The zero-order valence-corrected chi connectivity index (χ0v) is 19.5. The van der Waals surface area contributed by atoms with Crippen LogP contribution in [0, 0.1) is 0 Å². The highest BCUT2D eigenvalue weighted by Gasteiger charge is 2.31. The van der Waals surface area contributed by atoms with Gasteiger partial charge in [0.05, 0.1) is 17.8 Å². The van der Waals surface area contributed by atoms with E-state index in [2.05, 4.69) is 5.10 Å². The van der Waals surface area contributed by atoms with Gasteiger partial charge in [-0.05, 0) is 36.4 Å². The molecule has 0 bridgehead atoms. The summed E-state index contributed by atoms with van der Waals surface area (Å²) >= 11 is 17.8. The average Bonchev–Trinajstić information content (AvgIpc) is 3.09. The number of alkyl halides is 3. The van der Waals surface area contributed by atoms with Crippen molar-refractivity contribution in [3.05, 3.63) is 63.2 Å². The zero-order chi connectivity index (χ0) is 24.6. The van der Waals surface area contributed by atoms with E-state index in [0.29, 0.717) is 4.68 Å². The van der Waals surface area contributed by atoms with E-state index >= 15 is 0 Å². The average molecular weight is 543 g/mol. The normalized spacial score (nSPS) is 12.0. The third-order valence-corrected chi connectivity index (χ3v) is 6.40. The highest BCUT2D eigenvalue weighted by atomic mass is 35.5. The Bertz CT molecular complexity index is 1310. The second kappa shape index (κ2) is 9.41. The zero-order valence-electron chi connectivity index (χ0n) is 16.5. The van der Waals surface area contributed by atoms with Crippen LogP contribution in [0.25, 0.3) is 11.3 Å². The largest absolute Gasteiger partial charge is 0.497 e. The fourth-order valence-corrected chi connectivity index (χ4v) is 4.80. The van der Waals surface area contributed by atoms with Gasteiger partial charge in [-0.1, -0.05) is 34.8 Å².